The average molecular weight is 348 g/mol. The average Bonchev–Trinajstić information content (AvgIpc) is 2.70. The van der Waals surface area contributed by atoms with Crippen LogP contribution >= 0.6 is 15.9 Å². The lowest BCUT2D eigenvalue weighted by Gasteiger charge is -2.43. The fourth-order valence-electron chi connectivity index (χ4n) is 4.48. The van der Waals surface area contributed by atoms with Gasteiger partial charge in [0.15, 0.2) is 0 Å². The summed E-state index contributed by atoms with van der Waals surface area (Å²) in [5.74, 6) is 1.12. The Bertz CT molecular complexity index is 562. The van der Waals surface area contributed by atoms with Crippen molar-refractivity contribution in [2.75, 3.05) is 0 Å². The number of alkyl halides is 1. The Morgan fingerprint density at radius 3 is 1.90 bits per heavy atom. The van der Waals surface area contributed by atoms with E-state index in [0.717, 1.165) is 12.8 Å². The number of nitrogens with zero attached hydrogens (tertiary/aromatic N) is 1. The van der Waals surface area contributed by atoms with Crippen molar-refractivity contribution in [2.24, 2.45) is 11.8 Å². The highest BCUT2D eigenvalue weighted by molar-refractivity contribution is 9.09. The van der Waals surface area contributed by atoms with Crippen LogP contribution < -0.4 is 0 Å². The molecule has 0 radical (unpaired) electrons. The van der Waals surface area contributed by atoms with E-state index in [1.165, 1.54) is 19.3 Å². The summed E-state index contributed by atoms with van der Waals surface area (Å²) in [6, 6.07) is 7.31. The summed E-state index contributed by atoms with van der Waals surface area (Å²) >= 11 is 3.75. The van der Waals surface area contributed by atoms with Gasteiger partial charge in [0.2, 0.25) is 0 Å². The van der Waals surface area contributed by atoms with E-state index in [-0.39, 0.29) is 17.9 Å². The molecule has 3 aliphatic rings. The molecule has 2 aliphatic carbocycles. The van der Waals surface area contributed by atoms with Crippen molar-refractivity contribution >= 4 is 27.7 Å². The van der Waals surface area contributed by atoms with E-state index in [0.29, 0.717) is 27.8 Å². The number of amides is 2. The molecular formula is C17H18BrNO2. The summed E-state index contributed by atoms with van der Waals surface area (Å²) in [5, 5.41) is 0. The van der Waals surface area contributed by atoms with Crippen molar-refractivity contribution in [3.05, 3.63) is 35.4 Å². The second kappa shape index (κ2) is 4.94. The fourth-order valence-corrected chi connectivity index (χ4v) is 5.54. The molecule has 21 heavy (non-hydrogen) atoms. The molecule has 2 fully saturated rings. The maximum absolute atomic E-state index is 12.6. The highest BCUT2D eigenvalue weighted by Gasteiger charge is 2.44. The van der Waals surface area contributed by atoms with E-state index in [4.69, 9.17) is 0 Å². The van der Waals surface area contributed by atoms with Gasteiger partial charge in [0.1, 0.15) is 0 Å². The van der Waals surface area contributed by atoms with Gasteiger partial charge in [0.05, 0.1) is 11.1 Å². The highest BCUT2D eigenvalue weighted by atomic mass is 79.9. The Morgan fingerprint density at radius 1 is 0.857 bits per heavy atom. The molecule has 2 atom stereocenters. The van der Waals surface area contributed by atoms with Gasteiger partial charge < -0.3 is 0 Å². The first-order valence-corrected chi connectivity index (χ1v) is 8.66. The van der Waals surface area contributed by atoms with Crippen LogP contribution in [-0.4, -0.2) is 27.6 Å². The van der Waals surface area contributed by atoms with Crippen LogP contribution in [-0.2, 0) is 0 Å². The summed E-state index contributed by atoms with van der Waals surface area (Å²) < 4.78 is 0. The normalized spacial score (nSPS) is 35.0. The first-order chi connectivity index (χ1) is 10.1. The number of imide groups is 1. The van der Waals surface area contributed by atoms with Gasteiger partial charge in [-0.15, -0.1) is 0 Å². The van der Waals surface area contributed by atoms with Crippen molar-refractivity contribution in [2.45, 2.75) is 43.0 Å². The van der Waals surface area contributed by atoms with Crippen molar-refractivity contribution in [3.63, 3.8) is 0 Å². The van der Waals surface area contributed by atoms with Crippen molar-refractivity contribution in [3.8, 4) is 0 Å². The monoisotopic (exact) mass is 347 g/mol. The Morgan fingerprint density at radius 2 is 1.38 bits per heavy atom. The number of fused-ring (bicyclic) bond motifs is 3. The van der Waals surface area contributed by atoms with Gasteiger partial charge in [-0.2, -0.15) is 0 Å². The quantitative estimate of drug-likeness (QED) is 0.574. The number of benzene rings is 1. The van der Waals surface area contributed by atoms with Gasteiger partial charge in [-0.05, 0) is 56.1 Å². The number of rotatable bonds is 1. The van der Waals surface area contributed by atoms with Crippen LogP contribution in [0.3, 0.4) is 0 Å². The summed E-state index contributed by atoms with van der Waals surface area (Å²) in [5.41, 5.74) is 1.16. The smallest absolute Gasteiger partial charge is 0.261 e. The Balaban J connectivity index is 1.61. The molecule has 1 aliphatic heterocycles. The first-order valence-electron chi connectivity index (χ1n) is 7.74. The molecule has 1 aromatic rings. The summed E-state index contributed by atoms with van der Waals surface area (Å²) in [4.78, 5) is 27.3. The third kappa shape index (κ3) is 2.15. The van der Waals surface area contributed by atoms with Gasteiger partial charge in [-0.25, -0.2) is 0 Å². The largest absolute Gasteiger partial charge is 0.271 e. The molecule has 0 N–H and O–H groups in total. The van der Waals surface area contributed by atoms with E-state index in [1.54, 1.807) is 17.0 Å². The van der Waals surface area contributed by atoms with Gasteiger partial charge >= 0.3 is 0 Å². The van der Waals surface area contributed by atoms with E-state index in [2.05, 4.69) is 15.9 Å². The van der Waals surface area contributed by atoms with E-state index < -0.39 is 0 Å². The van der Waals surface area contributed by atoms with Crippen LogP contribution in [0.4, 0.5) is 0 Å². The zero-order valence-electron chi connectivity index (χ0n) is 11.8. The molecule has 2 amide bonds. The second-order valence-electron chi connectivity index (χ2n) is 6.69. The van der Waals surface area contributed by atoms with Crippen LogP contribution in [0.2, 0.25) is 0 Å². The van der Waals surface area contributed by atoms with E-state index in [1.807, 2.05) is 12.1 Å². The molecule has 110 valence electrons. The molecule has 2 bridgehead atoms. The van der Waals surface area contributed by atoms with Gasteiger partial charge in [-0.3, -0.25) is 14.5 Å². The predicted octanol–water partition coefficient (Wildman–Crippen LogP) is 3.62. The molecule has 1 heterocycles. The van der Waals surface area contributed by atoms with E-state index in [9.17, 15) is 9.59 Å². The topological polar surface area (TPSA) is 37.4 Å². The van der Waals surface area contributed by atoms with Crippen molar-refractivity contribution in [1.29, 1.82) is 0 Å². The first kappa shape index (κ1) is 13.5. The zero-order chi connectivity index (χ0) is 14.6. The summed E-state index contributed by atoms with van der Waals surface area (Å²) in [7, 11) is 0. The minimum absolute atomic E-state index is 0.0871. The lowest BCUT2D eigenvalue weighted by molar-refractivity contribution is 0.0433. The van der Waals surface area contributed by atoms with E-state index >= 15 is 0 Å². The minimum Gasteiger partial charge on any atom is -0.271 e. The Hall–Kier alpha value is -1.16. The molecule has 2 saturated carbocycles. The van der Waals surface area contributed by atoms with Crippen LogP contribution in [0.25, 0.3) is 0 Å². The number of hydrogen-bond acceptors (Lipinski definition) is 2. The lowest BCUT2D eigenvalue weighted by atomic mass is 9.70. The molecule has 0 saturated heterocycles. The number of halogens is 1. The van der Waals surface area contributed by atoms with Crippen LogP contribution in [0.5, 0.6) is 0 Å². The zero-order valence-corrected chi connectivity index (χ0v) is 13.4. The van der Waals surface area contributed by atoms with Crippen LogP contribution in [0, 0.1) is 11.8 Å². The van der Waals surface area contributed by atoms with Crippen molar-refractivity contribution < 1.29 is 9.59 Å². The van der Waals surface area contributed by atoms with Crippen molar-refractivity contribution in [1.82, 2.24) is 4.90 Å². The third-order valence-corrected chi connectivity index (χ3v) is 5.99. The number of carbonyl (C=O) groups is 2. The van der Waals surface area contributed by atoms with Crippen LogP contribution in [0.15, 0.2) is 24.3 Å². The van der Waals surface area contributed by atoms with Gasteiger partial charge in [-0.1, -0.05) is 28.1 Å². The molecule has 0 spiro atoms. The minimum atomic E-state index is -0.0871. The molecule has 4 rings (SSSR count). The SMILES string of the molecule is O=C1c2ccccc2C(=O)N1C1CC2CC(Br)CC(C2)C1. The maximum Gasteiger partial charge on any atom is 0.261 e. The fraction of sp³-hybridized carbons (Fsp3) is 0.529. The van der Waals surface area contributed by atoms with Crippen LogP contribution in [0.1, 0.15) is 52.8 Å². The lowest BCUT2D eigenvalue weighted by Crippen LogP contribution is -2.46. The summed E-state index contributed by atoms with van der Waals surface area (Å²) in [6.45, 7) is 0. The van der Waals surface area contributed by atoms with Gasteiger partial charge in [0.25, 0.3) is 11.8 Å². The maximum atomic E-state index is 12.6. The third-order valence-electron chi connectivity index (χ3n) is 5.25. The highest BCUT2D eigenvalue weighted by Crippen LogP contribution is 2.44. The number of carbonyl (C=O) groups excluding carboxylic acids is 2. The molecular weight excluding hydrogens is 330 g/mol. The molecule has 4 heteroatoms. The predicted molar refractivity (Wildman–Crippen MR) is 83.5 cm³/mol. The Kier molecular flexibility index (Phi) is 3.18. The standard InChI is InChI=1S/C17H18BrNO2/c18-12-6-10-5-11(7-12)9-13(8-10)19-16(20)14-3-1-2-4-15(14)17(19)21/h1-4,10-13H,5-9H2. The van der Waals surface area contributed by atoms with Gasteiger partial charge in [0, 0.05) is 10.9 Å². The Labute approximate surface area is 132 Å². The number of hydrogen-bond donors (Lipinski definition) is 0. The molecule has 2 unspecified atom stereocenters. The summed E-state index contributed by atoms with van der Waals surface area (Å²) in [6.07, 6.45) is 5.57. The molecule has 1 aromatic carbocycles. The molecule has 0 aromatic heterocycles. The molecule has 3 nitrogen and oxygen atoms in total. The second-order valence-corrected chi connectivity index (χ2v) is 7.98.